The van der Waals surface area contributed by atoms with Crippen LogP contribution in [0.15, 0.2) is 36.4 Å². The van der Waals surface area contributed by atoms with Crippen LogP contribution in [-0.4, -0.2) is 17.6 Å². The van der Waals surface area contributed by atoms with Crippen LogP contribution >= 0.6 is 11.6 Å². The second-order valence-corrected chi connectivity index (χ2v) is 5.07. The number of ether oxygens (including phenoxy) is 1. The molecule has 102 valence electrons. The van der Waals surface area contributed by atoms with E-state index in [4.69, 9.17) is 16.3 Å². The summed E-state index contributed by atoms with van der Waals surface area (Å²) in [4.78, 5) is 15.0. The van der Waals surface area contributed by atoms with Crippen LogP contribution in [0.3, 0.4) is 0 Å². The Hall–Kier alpha value is -2.00. The van der Waals surface area contributed by atoms with Gasteiger partial charge < -0.3 is 9.72 Å². The van der Waals surface area contributed by atoms with Crippen LogP contribution in [0.5, 0.6) is 0 Å². The summed E-state index contributed by atoms with van der Waals surface area (Å²) < 4.78 is 5.01. The number of hydrogen-bond acceptors (Lipinski definition) is 2. The minimum absolute atomic E-state index is 0.211. The maximum atomic E-state index is 11.7. The Morgan fingerprint density at radius 3 is 2.90 bits per heavy atom. The predicted octanol–water partition coefficient (Wildman–Crippen LogP) is 4.08. The molecule has 0 atom stereocenters. The van der Waals surface area contributed by atoms with E-state index in [1.54, 1.807) is 0 Å². The Kier molecular flexibility index (Phi) is 3.36. The summed E-state index contributed by atoms with van der Waals surface area (Å²) in [6, 6.07) is 11.7. The average Bonchev–Trinajstić information content (AvgIpc) is 2.78. The molecule has 20 heavy (non-hydrogen) atoms. The summed E-state index contributed by atoms with van der Waals surface area (Å²) >= 11 is 6.05. The number of halogens is 1. The molecule has 3 rings (SSSR count). The van der Waals surface area contributed by atoms with E-state index in [1.807, 2.05) is 43.3 Å². The number of carbonyl (C=O) groups is 1. The lowest BCUT2D eigenvalue weighted by molar-refractivity contribution is -0.142. The second-order valence-electron chi connectivity index (χ2n) is 4.64. The van der Waals surface area contributed by atoms with Crippen molar-refractivity contribution < 1.29 is 9.53 Å². The fourth-order valence-corrected chi connectivity index (χ4v) is 2.64. The monoisotopic (exact) mass is 287 g/mol. The molecule has 0 aliphatic carbocycles. The first kappa shape index (κ1) is 13.0. The van der Waals surface area contributed by atoms with E-state index in [0.29, 0.717) is 11.6 Å². The summed E-state index contributed by atoms with van der Waals surface area (Å²) in [5, 5.41) is 2.84. The van der Waals surface area contributed by atoms with Crippen LogP contribution in [0.2, 0.25) is 5.02 Å². The highest BCUT2D eigenvalue weighted by molar-refractivity contribution is 6.31. The van der Waals surface area contributed by atoms with Crippen molar-refractivity contribution >= 4 is 39.4 Å². The van der Waals surface area contributed by atoms with Crippen molar-refractivity contribution in [1.82, 2.24) is 4.98 Å². The number of esters is 1. The van der Waals surface area contributed by atoms with Gasteiger partial charge in [-0.15, -0.1) is 0 Å². The van der Waals surface area contributed by atoms with Gasteiger partial charge in [-0.2, -0.15) is 0 Å². The lowest BCUT2D eigenvalue weighted by Crippen LogP contribution is -2.07. The van der Waals surface area contributed by atoms with E-state index in [-0.39, 0.29) is 12.4 Å². The van der Waals surface area contributed by atoms with Gasteiger partial charge in [0.1, 0.15) is 0 Å². The molecule has 0 fully saturated rings. The van der Waals surface area contributed by atoms with Crippen molar-refractivity contribution in [1.29, 1.82) is 0 Å². The first-order valence-electron chi connectivity index (χ1n) is 6.53. The highest BCUT2D eigenvalue weighted by atomic mass is 35.5. The molecule has 0 bridgehead atoms. The standard InChI is InChI=1S/C16H14ClNO2/c1-2-20-15(19)8-10-4-3-5-12-13-9-11(17)6-7-14(13)18-16(10)12/h3-7,9,18H,2,8H2,1H3. The van der Waals surface area contributed by atoms with Gasteiger partial charge >= 0.3 is 5.97 Å². The number of nitrogens with one attached hydrogen (secondary N) is 1. The van der Waals surface area contributed by atoms with Gasteiger partial charge in [-0.05, 0) is 30.7 Å². The molecule has 1 aromatic heterocycles. The molecular formula is C16H14ClNO2. The smallest absolute Gasteiger partial charge is 0.310 e. The molecule has 0 aliphatic heterocycles. The molecule has 4 heteroatoms. The molecule has 0 radical (unpaired) electrons. The third-order valence-corrected chi connectivity index (χ3v) is 3.56. The van der Waals surface area contributed by atoms with E-state index in [2.05, 4.69) is 4.98 Å². The van der Waals surface area contributed by atoms with E-state index in [9.17, 15) is 4.79 Å². The maximum absolute atomic E-state index is 11.7. The Bertz CT molecular complexity index is 792. The van der Waals surface area contributed by atoms with Gasteiger partial charge in [0.25, 0.3) is 0 Å². The molecule has 0 spiro atoms. The van der Waals surface area contributed by atoms with Crippen molar-refractivity contribution in [2.24, 2.45) is 0 Å². The van der Waals surface area contributed by atoms with Crippen molar-refractivity contribution in [3.8, 4) is 0 Å². The molecular weight excluding hydrogens is 274 g/mol. The van der Waals surface area contributed by atoms with Crippen LogP contribution in [0, 0.1) is 0 Å². The van der Waals surface area contributed by atoms with Gasteiger partial charge in [-0.3, -0.25) is 4.79 Å². The SMILES string of the molecule is CCOC(=O)Cc1cccc2c1[nH]c1ccc(Cl)cc12. The number of H-pyrrole nitrogens is 1. The number of rotatable bonds is 3. The Balaban J connectivity index is 2.14. The summed E-state index contributed by atoms with van der Waals surface area (Å²) in [5.74, 6) is -0.211. The highest BCUT2D eigenvalue weighted by Crippen LogP contribution is 2.29. The first-order valence-corrected chi connectivity index (χ1v) is 6.91. The Morgan fingerprint density at radius 2 is 2.10 bits per heavy atom. The molecule has 3 nitrogen and oxygen atoms in total. The van der Waals surface area contributed by atoms with Gasteiger partial charge in [0.05, 0.1) is 18.5 Å². The van der Waals surface area contributed by atoms with Crippen molar-refractivity contribution in [3.63, 3.8) is 0 Å². The van der Waals surface area contributed by atoms with Crippen LogP contribution in [-0.2, 0) is 16.0 Å². The number of hydrogen-bond donors (Lipinski definition) is 1. The molecule has 0 saturated heterocycles. The van der Waals surface area contributed by atoms with Gasteiger partial charge in [0.15, 0.2) is 0 Å². The van der Waals surface area contributed by atoms with Crippen molar-refractivity contribution in [3.05, 3.63) is 47.0 Å². The zero-order valence-corrected chi connectivity index (χ0v) is 11.8. The molecule has 0 unspecified atom stereocenters. The summed E-state index contributed by atoms with van der Waals surface area (Å²) in [6.45, 7) is 2.21. The molecule has 3 aromatic rings. The molecule has 1 heterocycles. The molecule has 0 saturated carbocycles. The fraction of sp³-hybridized carbons (Fsp3) is 0.188. The van der Waals surface area contributed by atoms with Gasteiger partial charge in [0.2, 0.25) is 0 Å². The lowest BCUT2D eigenvalue weighted by atomic mass is 10.1. The Labute approximate surface area is 121 Å². The molecule has 0 aliphatic rings. The Morgan fingerprint density at radius 1 is 1.25 bits per heavy atom. The van der Waals surface area contributed by atoms with Gasteiger partial charge in [-0.1, -0.05) is 29.8 Å². The average molecular weight is 288 g/mol. The molecule has 1 N–H and O–H groups in total. The third-order valence-electron chi connectivity index (χ3n) is 3.32. The topological polar surface area (TPSA) is 42.1 Å². The fourth-order valence-electron chi connectivity index (χ4n) is 2.47. The lowest BCUT2D eigenvalue weighted by Gasteiger charge is -2.03. The van der Waals surface area contributed by atoms with Gasteiger partial charge in [0, 0.05) is 21.3 Å². The number of aromatic nitrogens is 1. The van der Waals surface area contributed by atoms with Crippen LogP contribution < -0.4 is 0 Å². The first-order chi connectivity index (χ1) is 9.69. The number of benzene rings is 2. The summed E-state index contributed by atoms with van der Waals surface area (Å²) in [5.41, 5.74) is 2.92. The summed E-state index contributed by atoms with van der Waals surface area (Å²) in [6.07, 6.45) is 0.270. The minimum Gasteiger partial charge on any atom is -0.466 e. The molecule has 0 amide bonds. The largest absolute Gasteiger partial charge is 0.466 e. The number of aromatic amines is 1. The van der Waals surface area contributed by atoms with Gasteiger partial charge in [-0.25, -0.2) is 0 Å². The van der Waals surface area contributed by atoms with E-state index in [0.717, 1.165) is 27.4 Å². The third kappa shape index (κ3) is 2.25. The molecule has 2 aromatic carbocycles. The van der Waals surface area contributed by atoms with Crippen molar-refractivity contribution in [2.45, 2.75) is 13.3 Å². The zero-order chi connectivity index (χ0) is 14.1. The highest BCUT2D eigenvalue weighted by Gasteiger charge is 2.11. The van der Waals surface area contributed by atoms with E-state index >= 15 is 0 Å². The number of carbonyl (C=O) groups excluding carboxylic acids is 1. The zero-order valence-electron chi connectivity index (χ0n) is 11.1. The van der Waals surface area contributed by atoms with Crippen LogP contribution in [0.25, 0.3) is 21.8 Å². The summed E-state index contributed by atoms with van der Waals surface area (Å²) in [7, 11) is 0. The van der Waals surface area contributed by atoms with Crippen LogP contribution in [0.4, 0.5) is 0 Å². The number of para-hydroxylation sites is 1. The number of fused-ring (bicyclic) bond motifs is 3. The quantitative estimate of drug-likeness (QED) is 0.738. The van der Waals surface area contributed by atoms with E-state index in [1.165, 1.54) is 0 Å². The van der Waals surface area contributed by atoms with Crippen LogP contribution in [0.1, 0.15) is 12.5 Å². The second kappa shape index (κ2) is 5.17. The normalized spacial score (nSPS) is 11.1. The predicted molar refractivity (Wildman–Crippen MR) is 81.2 cm³/mol. The maximum Gasteiger partial charge on any atom is 0.310 e. The van der Waals surface area contributed by atoms with Crippen molar-refractivity contribution in [2.75, 3.05) is 6.61 Å². The van der Waals surface area contributed by atoms with E-state index < -0.39 is 0 Å². The minimum atomic E-state index is -0.211.